The molecule has 0 unspecified atom stereocenters. The van der Waals surface area contributed by atoms with E-state index < -0.39 is 11.9 Å². The number of thiazole rings is 1. The van der Waals surface area contributed by atoms with Gasteiger partial charge in [-0.15, -0.1) is 11.3 Å². The number of nitrogens with zero attached hydrogens (tertiary/aromatic N) is 1. The summed E-state index contributed by atoms with van der Waals surface area (Å²) in [6, 6.07) is 0. The zero-order chi connectivity index (χ0) is 14.3. The molecule has 0 aliphatic heterocycles. The molecule has 0 aromatic carbocycles. The first-order chi connectivity index (χ1) is 9.04. The highest BCUT2D eigenvalue weighted by molar-refractivity contribution is 7.13. The number of hydrogen-bond donors (Lipinski definition) is 2. The van der Waals surface area contributed by atoms with Crippen LogP contribution in [0, 0.1) is 11.8 Å². The van der Waals surface area contributed by atoms with Crippen LogP contribution >= 0.6 is 11.3 Å². The molecule has 106 valence electrons. The van der Waals surface area contributed by atoms with Crippen molar-refractivity contribution >= 4 is 28.3 Å². The van der Waals surface area contributed by atoms with Crippen LogP contribution in [0.1, 0.15) is 39.5 Å². The van der Waals surface area contributed by atoms with Crippen LogP contribution < -0.4 is 5.32 Å². The second-order valence-electron chi connectivity index (χ2n) is 4.65. The molecule has 0 aliphatic carbocycles. The molecule has 1 aromatic rings. The molecule has 0 radical (unpaired) electrons. The Hall–Kier alpha value is -1.43. The maximum Gasteiger partial charge on any atom is 0.306 e. The predicted molar refractivity (Wildman–Crippen MR) is 75.2 cm³/mol. The molecule has 0 saturated heterocycles. The van der Waals surface area contributed by atoms with E-state index >= 15 is 0 Å². The summed E-state index contributed by atoms with van der Waals surface area (Å²) in [6.45, 7) is 3.84. The standard InChI is InChI=1S/C13H20N2O3S/c1-3-4-5-10(12(17)18)9(2)8-11(16)15-13-14-6-7-19-13/h6-7,9-10H,3-5,8H2,1-2H3,(H,17,18)(H,14,15,16)/t9-,10+/m0/s1. The van der Waals surface area contributed by atoms with Crippen LogP contribution in [0.5, 0.6) is 0 Å². The minimum Gasteiger partial charge on any atom is -0.481 e. The fourth-order valence-electron chi connectivity index (χ4n) is 1.97. The predicted octanol–water partition coefficient (Wildman–Crippen LogP) is 3.00. The van der Waals surface area contributed by atoms with Crippen molar-refractivity contribution in [2.24, 2.45) is 11.8 Å². The van der Waals surface area contributed by atoms with E-state index in [1.54, 1.807) is 11.6 Å². The Morgan fingerprint density at radius 1 is 1.53 bits per heavy atom. The Bertz CT molecular complexity index is 406. The normalized spacial score (nSPS) is 13.8. The number of carbonyl (C=O) groups excluding carboxylic acids is 1. The van der Waals surface area contributed by atoms with Crippen LogP contribution in [0.15, 0.2) is 11.6 Å². The van der Waals surface area contributed by atoms with E-state index in [0.717, 1.165) is 12.8 Å². The van der Waals surface area contributed by atoms with E-state index in [9.17, 15) is 14.7 Å². The summed E-state index contributed by atoms with van der Waals surface area (Å²) >= 11 is 1.35. The van der Waals surface area contributed by atoms with E-state index in [0.29, 0.717) is 11.6 Å². The molecule has 1 amide bonds. The lowest BCUT2D eigenvalue weighted by Crippen LogP contribution is -2.26. The van der Waals surface area contributed by atoms with Gasteiger partial charge in [-0.1, -0.05) is 26.7 Å². The highest BCUT2D eigenvalue weighted by Crippen LogP contribution is 2.23. The van der Waals surface area contributed by atoms with Gasteiger partial charge < -0.3 is 10.4 Å². The summed E-state index contributed by atoms with van der Waals surface area (Å²) in [5, 5.41) is 14.2. The quantitative estimate of drug-likeness (QED) is 0.769. The van der Waals surface area contributed by atoms with Gasteiger partial charge in [0.05, 0.1) is 5.92 Å². The third-order valence-corrected chi connectivity index (χ3v) is 3.75. The SMILES string of the molecule is CCCC[C@@H](C(=O)O)[C@@H](C)CC(=O)Nc1nccs1. The molecule has 19 heavy (non-hydrogen) atoms. The summed E-state index contributed by atoms with van der Waals surface area (Å²) in [4.78, 5) is 27.0. The zero-order valence-corrected chi connectivity index (χ0v) is 12.1. The van der Waals surface area contributed by atoms with Crippen molar-refractivity contribution in [2.75, 3.05) is 5.32 Å². The molecule has 0 bridgehead atoms. The molecule has 5 nitrogen and oxygen atoms in total. The number of amides is 1. The van der Waals surface area contributed by atoms with Crippen LogP contribution in [0.4, 0.5) is 5.13 Å². The minimum atomic E-state index is -0.817. The lowest BCUT2D eigenvalue weighted by Gasteiger charge is -2.19. The van der Waals surface area contributed by atoms with Gasteiger partial charge in [0.15, 0.2) is 5.13 Å². The second kappa shape index (κ2) is 7.89. The monoisotopic (exact) mass is 284 g/mol. The zero-order valence-electron chi connectivity index (χ0n) is 11.3. The Balaban J connectivity index is 2.48. The van der Waals surface area contributed by atoms with Gasteiger partial charge in [-0.25, -0.2) is 4.98 Å². The third-order valence-electron chi connectivity index (χ3n) is 3.06. The number of carboxylic acid groups (broad SMARTS) is 1. The van der Waals surface area contributed by atoms with E-state index in [2.05, 4.69) is 10.3 Å². The highest BCUT2D eigenvalue weighted by atomic mass is 32.1. The number of anilines is 1. The maximum atomic E-state index is 11.8. The number of aliphatic carboxylic acids is 1. The Kier molecular flexibility index (Phi) is 6.49. The second-order valence-corrected chi connectivity index (χ2v) is 5.55. The van der Waals surface area contributed by atoms with E-state index in [-0.39, 0.29) is 18.2 Å². The third kappa shape index (κ3) is 5.38. The van der Waals surface area contributed by atoms with Gasteiger partial charge >= 0.3 is 5.97 Å². The first kappa shape index (κ1) is 15.6. The number of carbonyl (C=O) groups is 2. The van der Waals surface area contributed by atoms with Crippen molar-refractivity contribution in [3.63, 3.8) is 0 Å². The summed E-state index contributed by atoms with van der Waals surface area (Å²) < 4.78 is 0. The number of aromatic nitrogens is 1. The molecule has 0 spiro atoms. The van der Waals surface area contributed by atoms with Crippen molar-refractivity contribution in [2.45, 2.75) is 39.5 Å². The molecule has 6 heteroatoms. The lowest BCUT2D eigenvalue weighted by molar-refractivity contribution is -0.144. The average Bonchev–Trinajstić information content (AvgIpc) is 2.81. The fraction of sp³-hybridized carbons (Fsp3) is 0.615. The summed E-state index contributed by atoms with van der Waals surface area (Å²) in [7, 11) is 0. The molecule has 2 atom stereocenters. The van der Waals surface area contributed by atoms with Crippen LogP contribution in [0.25, 0.3) is 0 Å². The van der Waals surface area contributed by atoms with Crippen LogP contribution in [0.3, 0.4) is 0 Å². The Morgan fingerprint density at radius 2 is 2.26 bits per heavy atom. The van der Waals surface area contributed by atoms with Crippen LogP contribution in [-0.4, -0.2) is 22.0 Å². The van der Waals surface area contributed by atoms with E-state index in [1.807, 2.05) is 13.8 Å². The molecule has 1 heterocycles. The van der Waals surface area contributed by atoms with Crippen molar-refractivity contribution in [3.05, 3.63) is 11.6 Å². The van der Waals surface area contributed by atoms with Crippen molar-refractivity contribution in [1.29, 1.82) is 0 Å². The first-order valence-corrected chi connectivity index (χ1v) is 7.34. The molecule has 0 fully saturated rings. The molecular formula is C13H20N2O3S. The lowest BCUT2D eigenvalue weighted by atomic mass is 9.87. The van der Waals surface area contributed by atoms with Gasteiger partial charge in [0.1, 0.15) is 0 Å². The summed E-state index contributed by atoms with van der Waals surface area (Å²) in [5.41, 5.74) is 0. The van der Waals surface area contributed by atoms with Crippen LogP contribution in [0.2, 0.25) is 0 Å². The van der Waals surface area contributed by atoms with E-state index in [4.69, 9.17) is 0 Å². The molecular weight excluding hydrogens is 264 g/mol. The molecule has 0 saturated carbocycles. The van der Waals surface area contributed by atoms with Crippen molar-refractivity contribution < 1.29 is 14.7 Å². The van der Waals surface area contributed by atoms with E-state index in [1.165, 1.54) is 11.3 Å². The number of nitrogens with one attached hydrogen (secondary N) is 1. The molecule has 1 aromatic heterocycles. The number of unbranched alkanes of at least 4 members (excludes halogenated alkanes) is 1. The van der Waals surface area contributed by atoms with Gasteiger partial charge in [-0.3, -0.25) is 9.59 Å². The molecule has 1 rings (SSSR count). The number of carboxylic acids is 1. The highest BCUT2D eigenvalue weighted by Gasteiger charge is 2.26. The largest absolute Gasteiger partial charge is 0.481 e. The number of rotatable bonds is 8. The maximum absolute atomic E-state index is 11.8. The van der Waals surface area contributed by atoms with Gasteiger partial charge in [-0.05, 0) is 12.3 Å². The van der Waals surface area contributed by atoms with Gasteiger partial charge in [0.25, 0.3) is 0 Å². The topological polar surface area (TPSA) is 79.3 Å². The average molecular weight is 284 g/mol. The smallest absolute Gasteiger partial charge is 0.306 e. The van der Waals surface area contributed by atoms with Crippen LogP contribution in [-0.2, 0) is 9.59 Å². The number of hydrogen-bond acceptors (Lipinski definition) is 4. The van der Waals surface area contributed by atoms with Gasteiger partial charge in [0, 0.05) is 18.0 Å². The Morgan fingerprint density at radius 3 is 2.79 bits per heavy atom. The summed E-state index contributed by atoms with van der Waals surface area (Å²) in [5.74, 6) is -1.63. The van der Waals surface area contributed by atoms with Gasteiger partial charge in [-0.2, -0.15) is 0 Å². The van der Waals surface area contributed by atoms with Crippen molar-refractivity contribution in [1.82, 2.24) is 4.98 Å². The minimum absolute atomic E-state index is 0.176. The van der Waals surface area contributed by atoms with Crippen molar-refractivity contribution in [3.8, 4) is 0 Å². The summed E-state index contributed by atoms with van der Waals surface area (Å²) in [6.07, 6.45) is 4.28. The van der Waals surface area contributed by atoms with Gasteiger partial charge in [0.2, 0.25) is 5.91 Å². The molecule has 0 aliphatic rings. The Labute approximate surface area is 117 Å². The first-order valence-electron chi connectivity index (χ1n) is 6.46. The fourth-order valence-corrected chi connectivity index (χ4v) is 2.51. The molecule has 2 N–H and O–H groups in total.